The van der Waals surface area contributed by atoms with Crippen molar-refractivity contribution in [2.75, 3.05) is 0 Å². The van der Waals surface area contributed by atoms with Crippen molar-refractivity contribution in [3.63, 3.8) is 0 Å². The molecule has 3 N–H and O–H groups in total. The minimum atomic E-state index is -0.365. The Kier molecular flexibility index (Phi) is 8.38. The highest BCUT2D eigenvalue weighted by Crippen LogP contribution is 2.57. The molecule has 2 aliphatic rings. The first-order valence-corrected chi connectivity index (χ1v) is 21.8. The molecule has 4 nitrogen and oxygen atoms in total. The molecule has 1 unspecified atom stereocenters. The Morgan fingerprint density at radius 2 is 1.10 bits per heavy atom. The van der Waals surface area contributed by atoms with Crippen LogP contribution in [0.2, 0.25) is 0 Å². The van der Waals surface area contributed by atoms with Crippen molar-refractivity contribution < 1.29 is 0 Å². The van der Waals surface area contributed by atoms with E-state index in [0.717, 1.165) is 33.5 Å². The summed E-state index contributed by atoms with van der Waals surface area (Å²) >= 11 is 0. The predicted octanol–water partition coefficient (Wildman–Crippen LogP) is 13.8. The van der Waals surface area contributed by atoms with Crippen LogP contribution in [0.25, 0.3) is 82.4 Å². The lowest BCUT2D eigenvalue weighted by molar-refractivity contribution is 0.670. The average molecular weight is 809 g/mol. The third kappa shape index (κ3) is 5.79. The average Bonchev–Trinajstić information content (AvgIpc) is 3.81. The van der Waals surface area contributed by atoms with Crippen molar-refractivity contribution in [3.8, 4) is 27.9 Å². The van der Waals surface area contributed by atoms with Gasteiger partial charge in [0.05, 0.1) is 11.0 Å². The highest BCUT2D eigenvalue weighted by molar-refractivity contribution is 6.21. The quantitative estimate of drug-likeness (QED) is 0.0999. The molecule has 0 bridgehead atoms. The third-order valence-corrected chi connectivity index (χ3v) is 13.4. The largest absolute Gasteiger partial charge is 0.383 e. The number of nitrogens with zero attached hydrogens (tertiary/aromatic N) is 2. The molecule has 2 heterocycles. The van der Waals surface area contributed by atoms with E-state index in [-0.39, 0.29) is 11.6 Å². The van der Waals surface area contributed by atoms with E-state index in [1.807, 2.05) is 12.1 Å². The molecule has 0 radical (unpaired) electrons. The monoisotopic (exact) mass is 808 g/mol. The van der Waals surface area contributed by atoms with E-state index in [9.17, 15) is 0 Å². The second-order valence-electron chi connectivity index (χ2n) is 17.3. The van der Waals surface area contributed by atoms with Crippen molar-refractivity contribution in [3.05, 3.63) is 234 Å². The number of nitrogens with one attached hydrogen (secondary N) is 1. The van der Waals surface area contributed by atoms with E-state index in [2.05, 4.69) is 218 Å². The minimum Gasteiger partial charge on any atom is -0.383 e. The number of rotatable bonds is 6. The van der Waals surface area contributed by atoms with Crippen LogP contribution in [-0.2, 0) is 5.41 Å². The van der Waals surface area contributed by atoms with Gasteiger partial charge in [0.2, 0.25) is 0 Å². The van der Waals surface area contributed by atoms with Gasteiger partial charge in [-0.2, -0.15) is 0 Å². The molecule has 4 heteroatoms. The summed E-state index contributed by atoms with van der Waals surface area (Å²) in [6.45, 7) is 4.83. The van der Waals surface area contributed by atoms with Gasteiger partial charge in [0.15, 0.2) is 0 Å². The van der Waals surface area contributed by atoms with Gasteiger partial charge in [-0.1, -0.05) is 178 Å². The van der Waals surface area contributed by atoms with Crippen molar-refractivity contribution in [1.29, 1.82) is 0 Å². The van der Waals surface area contributed by atoms with E-state index in [1.54, 1.807) is 0 Å². The highest BCUT2D eigenvalue weighted by Gasteiger charge is 2.41. The first-order chi connectivity index (χ1) is 30.9. The van der Waals surface area contributed by atoms with Crippen molar-refractivity contribution in [2.24, 2.45) is 10.7 Å². The number of nitrogens with two attached hydrogens (primary N) is 1. The molecular formula is C59H44N4. The molecule has 300 valence electrons. The van der Waals surface area contributed by atoms with Crippen LogP contribution >= 0.6 is 0 Å². The van der Waals surface area contributed by atoms with Crippen LogP contribution < -0.4 is 11.1 Å². The number of allylic oxidation sites excluding steroid dienone is 2. The van der Waals surface area contributed by atoms with E-state index in [1.165, 1.54) is 76.7 Å². The van der Waals surface area contributed by atoms with Crippen LogP contribution in [0.3, 0.4) is 0 Å². The van der Waals surface area contributed by atoms with Crippen LogP contribution in [0.4, 0.5) is 0 Å². The molecule has 0 saturated carbocycles. The molecular weight excluding hydrogens is 765 g/mol. The van der Waals surface area contributed by atoms with E-state index < -0.39 is 0 Å². The molecule has 1 aliphatic heterocycles. The predicted molar refractivity (Wildman–Crippen MR) is 265 cm³/mol. The first kappa shape index (κ1) is 36.9. The Morgan fingerprint density at radius 1 is 0.524 bits per heavy atom. The fraction of sp³-hybridized carbons (Fsp3) is 0.0678. The summed E-state index contributed by atoms with van der Waals surface area (Å²) < 4.78 is 2.47. The summed E-state index contributed by atoms with van der Waals surface area (Å²) in [5.41, 5.74) is 23.2. The van der Waals surface area contributed by atoms with Crippen LogP contribution in [0, 0.1) is 0 Å². The molecule has 1 aliphatic carbocycles. The normalized spacial score (nSPS) is 15.6. The second kappa shape index (κ2) is 14.3. The number of aliphatic imine (C=N–C) groups is 1. The maximum absolute atomic E-state index is 6.94. The fourth-order valence-corrected chi connectivity index (χ4v) is 10.5. The number of hydrogen-bond acceptors (Lipinski definition) is 2. The zero-order chi connectivity index (χ0) is 42.2. The van der Waals surface area contributed by atoms with Crippen LogP contribution in [-0.4, -0.2) is 16.6 Å². The topological polar surface area (TPSA) is 55.3 Å². The molecule has 10 aromatic rings. The Balaban J connectivity index is 0.937. The Labute approximate surface area is 367 Å². The number of dihydropyridines is 1. The summed E-state index contributed by atoms with van der Waals surface area (Å²) in [5.74, 6) is 0.475. The number of para-hydroxylation sites is 1. The molecule has 12 rings (SSSR count). The van der Waals surface area contributed by atoms with Crippen molar-refractivity contribution in [1.82, 2.24) is 9.88 Å². The molecule has 0 spiro atoms. The van der Waals surface area contributed by atoms with Gasteiger partial charge in [0.1, 0.15) is 12.0 Å². The molecule has 1 atom stereocenters. The molecule has 0 saturated heterocycles. The van der Waals surface area contributed by atoms with E-state index >= 15 is 0 Å². The molecule has 63 heavy (non-hydrogen) atoms. The summed E-state index contributed by atoms with van der Waals surface area (Å²) in [4.78, 5) is 5.14. The Morgan fingerprint density at radius 3 is 1.81 bits per heavy atom. The molecule has 0 amide bonds. The summed E-state index contributed by atoms with van der Waals surface area (Å²) in [7, 11) is 0. The zero-order valence-electron chi connectivity index (χ0n) is 35.2. The van der Waals surface area contributed by atoms with Gasteiger partial charge in [-0.25, -0.2) is 4.99 Å². The second-order valence-corrected chi connectivity index (χ2v) is 17.3. The summed E-state index contributed by atoms with van der Waals surface area (Å²) in [5, 5.41) is 11.3. The summed E-state index contributed by atoms with van der Waals surface area (Å²) in [6, 6.07) is 69.7. The molecule has 1 aromatic heterocycles. The van der Waals surface area contributed by atoms with Gasteiger partial charge in [-0.05, 0) is 108 Å². The Bertz CT molecular complexity index is 3530. The number of hydrogen-bond donors (Lipinski definition) is 2. The standard InChI is InChI=1S/C59H44N4/c1-59(2)54-48-23-12-10-20-45(48)44-19-9-11-22-47(44)53(54)50-34-33-49-46-21-13-14-24-52(46)63(56(49)55(50)59)43-31-29-41(30-32-43)57(60)62-58-51(40-17-7-4-8-18-40)35-42(36-61-58)39-27-25-38(26-28-39)37-15-5-3-6-16-37/h3-36,58,61H,1-2H3,(H2,60,62). The fourth-order valence-electron chi connectivity index (χ4n) is 10.5. The third-order valence-electron chi connectivity index (χ3n) is 13.4. The zero-order valence-corrected chi connectivity index (χ0v) is 35.2. The molecule has 0 fully saturated rings. The van der Waals surface area contributed by atoms with Crippen LogP contribution in [0.1, 0.15) is 41.7 Å². The number of aromatic nitrogens is 1. The van der Waals surface area contributed by atoms with Gasteiger partial charge < -0.3 is 15.6 Å². The van der Waals surface area contributed by atoms with Crippen LogP contribution in [0.15, 0.2) is 211 Å². The number of benzene rings is 9. The Hall–Kier alpha value is -7.95. The summed E-state index contributed by atoms with van der Waals surface area (Å²) in [6.07, 6.45) is 3.93. The minimum absolute atomic E-state index is 0.270. The number of fused-ring (bicyclic) bond motifs is 12. The van der Waals surface area contributed by atoms with Gasteiger partial charge >= 0.3 is 0 Å². The lowest BCUT2D eigenvalue weighted by Gasteiger charge is -2.25. The van der Waals surface area contributed by atoms with E-state index in [4.69, 9.17) is 10.7 Å². The van der Waals surface area contributed by atoms with Crippen molar-refractivity contribution >= 4 is 60.3 Å². The smallest absolute Gasteiger partial charge is 0.147 e. The molecule has 9 aromatic carbocycles. The SMILES string of the molecule is CC1(C)c2c(c3ccccc3c3ccccc23)-c2ccc3c4ccccc4n(-c4ccc(C(N)=NC5NC=C(c6ccc(-c7ccccc7)cc6)C=C5c5ccccc5)cc4)c3c21. The maximum atomic E-state index is 6.94. The lowest BCUT2D eigenvalue weighted by Crippen LogP contribution is -2.30. The first-order valence-electron chi connectivity index (χ1n) is 21.8. The van der Waals surface area contributed by atoms with Gasteiger partial charge in [0, 0.05) is 39.2 Å². The van der Waals surface area contributed by atoms with Gasteiger partial charge in [0.25, 0.3) is 0 Å². The van der Waals surface area contributed by atoms with Gasteiger partial charge in [-0.15, -0.1) is 0 Å². The lowest BCUT2D eigenvalue weighted by atomic mass is 9.78. The van der Waals surface area contributed by atoms with Gasteiger partial charge in [-0.3, -0.25) is 0 Å². The van der Waals surface area contributed by atoms with Crippen LogP contribution in [0.5, 0.6) is 0 Å². The maximum Gasteiger partial charge on any atom is 0.147 e. The van der Waals surface area contributed by atoms with E-state index in [0.29, 0.717) is 5.84 Å². The highest BCUT2D eigenvalue weighted by atomic mass is 15.1. The van der Waals surface area contributed by atoms with Crippen molar-refractivity contribution in [2.45, 2.75) is 25.4 Å². The number of amidine groups is 1.